The molecule has 0 N–H and O–H groups in total. The van der Waals surface area contributed by atoms with Gasteiger partial charge in [0.05, 0.1) is 24.9 Å². The van der Waals surface area contributed by atoms with Crippen LogP contribution in [0.3, 0.4) is 0 Å². The number of fused-ring (bicyclic) bond motifs is 1. The number of aromatic nitrogens is 1. The van der Waals surface area contributed by atoms with E-state index in [1.54, 1.807) is 24.3 Å². The fourth-order valence-electron chi connectivity index (χ4n) is 2.26. The number of methoxy groups -OCH3 is 1. The standard InChI is InChI=1S/C15H14N2O2/c1-19-12-6-4-11(5-7-12)9-17-10-14-13(15(17)18)3-2-8-16-14/h2-8H,9-10H2,1H3. The second-order valence-electron chi connectivity index (χ2n) is 4.51. The summed E-state index contributed by atoms with van der Waals surface area (Å²) in [6, 6.07) is 11.4. The quantitative estimate of drug-likeness (QED) is 0.843. The summed E-state index contributed by atoms with van der Waals surface area (Å²) in [4.78, 5) is 18.2. The Morgan fingerprint density at radius 2 is 2.05 bits per heavy atom. The first kappa shape index (κ1) is 11.7. The first-order chi connectivity index (χ1) is 9.28. The Morgan fingerprint density at radius 1 is 1.26 bits per heavy atom. The average molecular weight is 254 g/mol. The second-order valence-corrected chi connectivity index (χ2v) is 4.51. The Kier molecular flexibility index (Phi) is 2.91. The SMILES string of the molecule is COc1ccc(CN2Cc3ncccc3C2=O)cc1. The fraction of sp³-hybridized carbons (Fsp3) is 0.200. The molecule has 96 valence electrons. The van der Waals surface area contributed by atoms with Crippen molar-refractivity contribution in [3.63, 3.8) is 0 Å². The summed E-state index contributed by atoms with van der Waals surface area (Å²) >= 11 is 0. The van der Waals surface area contributed by atoms with E-state index < -0.39 is 0 Å². The Labute approximate surface area is 111 Å². The van der Waals surface area contributed by atoms with Crippen molar-refractivity contribution in [1.29, 1.82) is 0 Å². The molecule has 1 aliphatic rings. The summed E-state index contributed by atoms with van der Waals surface area (Å²) in [5.74, 6) is 0.875. The van der Waals surface area contributed by atoms with Gasteiger partial charge in [-0.15, -0.1) is 0 Å². The number of benzene rings is 1. The highest BCUT2D eigenvalue weighted by Gasteiger charge is 2.27. The Hall–Kier alpha value is -2.36. The third kappa shape index (κ3) is 2.17. The molecule has 0 saturated carbocycles. The zero-order valence-electron chi connectivity index (χ0n) is 10.7. The van der Waals surface area contributed by atoms with Crippen LogP contribution in [0.15, 0.2) is 42.6 Å². The zero-order valence-corrected chi connectivity index (χ0v) is 10.7. The number of hydrogen-bond donors (Lipinski definition) is 0. The first-order valence-electron chi connectivity index (χ1n) is 6.14. The average Bonchev–Trinajstić information content (AvgIpc) is 2.77. The van der Waals surface area contributed by atoms with Crippen LogP contribution in [0.4, 0.5) is 0 Å². The number of hydrogen-bond acceptors (Lipinski definition) is 3. The molecule has 0 aliphatic carbocycles. The Morgan fingerprint density at radius 3 is 2.74 bits per heavy atom. The van der Waals surface area contributed by atoms with Crippen LogP contribution in [0.5, 0.6) is 5.75 Å². The smallest absolute Gasteiger partial charge is 0.256 e. The lowest BCUT2D eigenvalue weighted by atomic mass is 10.2. The van der Waals surface area contributed by atoms with Crippen molar-refractivity contribution in [1.82, 2.24) is 9.88 Å². The van der Waals surface area contributed by atoms with Crippen molar-refractivity contribution in [3.8, 4) is 5.75 Å². The van der Waals surface area contributed by atoms with Crippen molar-refractivity contribution >= 4 is 5.91 Å². The van der Waals surface area contributed by atoms with Gasteiger partial charge in [-0.3, -0.25) is 9.78 Å². The number of carbonyl (C=O) groups excluding carboxylic acids is 1. The van der Waals surface area contributed by atoms with Gasteiger partial charge >= 0.3 is 0 Å². The Balaban J connectivity index is 1.77. The number of rotatable bonds is 3. The number of carbonyl (C=O) groups is 1. The minimum Gasteiger partial charge on any atom is -0.497 e. The van der Waals surface area contributed by atoms with Gasteiger partial charge in [0.2, 0.25) is 0 Å². The molecule has 0 saturated heterocycles. The summed E-state index contributed by atoms with van der Waals surface area (Å²) in [6.07, 6.45) is 1.73. The van der Waals surface area contributed by atoms with Gasteiger partial charge in [0.15, 0.2) is 0 Å². The largest absolute Gasteiger partial charge is 0.497 e. The lowest BCUT2D eigenvalue weighted by molar-refractivity contribution is 0.0766. The summed E-state index contributed by atoms with van der Waals surface area (Å²) in [5.41, 5.74) is 2.67. The van der Waals surface area contributed by atoms with E-state index >= 15 is 0 Å². The third-order valence-corrected chi connectivity index (χ3v) is 3.28. The molecule has 0 spiro atoms. The van der Waals surface area contributed by atoms with Crippen molar-refractivity contribution < 1.29 is 9.53 Å². The van der Waals surface area contributed by atoms with Crippen molar-refractivity contribution in [2.24, 2.45) is 0 Å². The fourth-order valence-corrected chi connectivity index (χ4v) is 2.26. The lowest BCUT2D eigenvalue weighted by Crippen LogP contribution is -2.23. The summed E-state index contributed by atoms with van der Waals surface area (Å²) in [6.45, 7) is 1.18. The maximum Gasteiger partial charge on any atom is 0.256 e. The molecule has 1 aromatic carbocycles. The number of ether oxygens (including phenoxy) is 1. The molecule has 3 rings (SSSR count). The van der Waals surface area contributed by atoms with E-state index in [2.05, 4.69) is 4.98 Å². The Bertz CT molecular complexity index is 608. The van der Waals surface area contributed by atoms with E-state index in [1.165, 1.54) is 0 Å². The molecule has 0 atom stereocenters. The highest BCUT2D eigenvalue weighted by atomic mass is 16.5. The number of pyridine rings is 1. The topological polar surface area (TPSA) is 42.4 Å². The number of amides is 1. The lowest BCUT2D eigenvalue weighted by Gasteiger charge is -2.15. The van der Waals surface area contributed by atoms with E-state index in [4.69, 9.17) is 4.74 Å². The van der Waals surface area contributed by atoms with Crippen LogP contribution in [0, 0.1) is 0 Å². The molecular weight excluding hydrogens is 240 g/mol. The van der Waals surface area contributed by atoms with Crippen molar-refractivity contribution in [2.45, 2.75) is 13.1 Å². The molecule has 1 amide bonds. The predicted molar refractivity (Wildman–Crippen MR) is 70.8 cm³/mol. The second kappa shape index (κ2) is 4.72. The monoisotopic (exact) mass is 254 g/mol. The van der Waals surface area contributed by atoms with Gasteiger partial charge in [-0.2, -0.15) is 0 Å². The van der Waals surface area contributed by atoms with Crippen LogP contribution >= 0.6 is 0 Å². The molecule has 1 aromatic heterocycles. The van der Waals surface area contributed by atoms with Crippen molar-refractivity contribution in [2.75, 3.05) is 7.11 Å². The van der Waals surface area contributed by atoms with E-state index in [-0.39, 0.29) is 5.91 Å². The predicted octanol–water partition coefficient (Wildman–Crippen LogP) is 2.25. The molecule has 4 heteroatoms. The van der Waals surface area contributed by atoms with E-state index in [0.717, 1.165) is 22.6 Å². The van der Waals surface area contributed by atoms with Gasteiger partial charge in [-0.1, -0.05) is 12.1 Å². The van der Waals surface area contributed by atoms with Crippen LogP contribution in [0.25, 0.3) is 0 Å². The zero-order chi connectivity index (χ0) is 13.2. The highest BCUT2D eigenvalue weighted by Crippen LogP contribution is 2.22. The summed E-state index contributed by atoms with van der Waals surface area (Å²) in [7, 11) is 1.64. The normalized spacial score (nSPS) is 13.5. The molecule has 2 aromatic rings. The maximum absolute atomic E-state index is 12.2. The van der Waals surface area contributed by atoms with E-state index in [1.807, 2.05) is 30.3 Å². The van der Waals surface area contributed by atoms with Gasteiger partial charge in [0.25, 0.3) is 5.91 Å². The molecule has 2 heterocycles. The summed E-state index contributed by atoms with van der Waals surface area (Å²) in [5, 5.41) is 0. The molecular formula is C15H14N2O2. The van der Waals surface area contributed by atoms with Gasteiger partial charge in [-0.05, 0) is 29.8 Å². The molecule has 0 radical (unpaired) electrons. The molecule has 4 nitrogen and oxygen atoms in total. The molecule has 0 bridgehead atoms. The highest BCUT2D eigenvalue weighted by molar-refractivity contribution is 5.97. The van der Waals surface area contributed by atoms with Crippen LogP contribution in [0.1, 0.15) is 21.6 Å². The molecule has 0 unspecified atom stereocenters. The number of nitrogens with zero attached hydrogens (tertiary/aromatic N) is 2. The molecule has 19 heavy (non-hydrogen) atoms. The van der Waals surface area contributed by atoms with E-state index in [0.29, 0.717) is 13.1 Å². The van der Waals surface area contributed by atoms with Gasteiger partial charge < -0.3 is 9.64 Å². The minimum absolute atomic E-state index is 0.0546. The van der Waals surface area contributed by atoms with Crippen molar-refractivity contribution in [3.05, 3.63) is 59.4 Å². The van der Waals surface area contributed by atoms with Crippen LogP contribution in [-0.4, -0.2) is 22.9 Å². The summed E-state index contributed by atoms with van der Waals surface area (Å²) < 4.78 is 5.12. The van der Waals surface area contributed by atoms with Gasteiger partial charge in [0, 0.05) is 12.7 Å². The van der Waals surface area contributed by atoms with Crippen LogP contribution < -0.4 is 4.74 Å². The van der Waals surface area contributed by atoms with Gasteiger partial charge in [0.1, 0.15) is 5.75 Å². The van der Waals surface area contributed by atoms with Crippen LogP contribution in [-0.2, 0) is 13.1 Å². The van der Waals surface area contributed by atoms with Gasteiger partial charge in [-0.25, -0.2) is 0 Å². The third-order valence-electron chi connectivity index (χ3n) is 3.28. The molecule has 0 fully saturated rings. The van der Waals surface area contributed by atoms with Crippen LogP contribution in [0.2, 0.25) is 0 Å². The minimum atomic E-state index is 0.0546. The first-order valence-corrected chi connectivity index (χ1v) is 6.14. The van der Waals surface area contributed by atoms with E-state index in [9.17, 15) is 4.79 Å². The molecule has 1 aliphatic heterocycles. The maximum atomic E-state index is 12.2.